The summed E-state index contributed by atoms with van der Waals surface area (Å²) in [5.41, 5.74) is 3.40. The van der Waals surface area contributed by atoms with Crippen molar-refractivity contribution in [3.8, 4) is 11.5 Å². The van der Waals surface area contributed by atoms with Gasteiger partial charge in [-0.2, -0.15) is 0 Å². The summed E-state index contributed by atoms with van der Waals surface area (Å²) in [6.45, 7) is 11.1. The van der Waals surface area contributed by atoms with Gasteiger partial charge in [-0.1, -0.05) is 68.8 Å². The van der Waals surface area contributed by atoms with Gasteiger partial charge in [-0.25, -0.2) is 4.79 Å². The van der Waals surface area contributed by atoms with Crippen LogP contribution in [-0.4, -0.2) is 54.4 Å². The van der Waals surface area contributed by atoms with Crippen molar-refractivity contribution in [2.75, 3.05) is 26.2 Å². The third-order valence-corrected chi connectivity index (χ3v) is 8.21. The average Bonchev–Trinajstić information content (AvgIpc) is 3.37. The number of hydrogen-bond donors (Lipinski definition) is 2. The summed E-state index contributed by atoms with van der Waals surface area (Å²) in [4.78, 5) is 14.4. The van der Waals surface area contributed by atoms with Crippen molar-refractivity contribution < 1.29 is 19.4 Å². The lowest BCUT2D eigenvalue weighted by Gasteiger charge is -2.20. The van der Waals surface area contributed by atoms with Gasteiger partial charge in [-0.15, -0.1) is 0 Å². The highest BCUT2D eigenvalue weighted by Crippen LogP contribution is 2.45. The van der Waals surface area contributed by atoms with E-state index < -0.39 is 12.1 Å². The molecular weight excluding hydrogens is 524 g/mol. The van der Waals surface area contributed by atoms with Gasteiger partial charge in [0, 0.05) is 43.7 Å². The van der Waals surface area contributed by atoms with Crippen molar-refractivity contribution in [1.82, 2.24) is 10.2 Å². The number of fused-ring (bicyclic) bond motifs is 1. The number of nitrogens with zero attached hydrogens (tertiary/aromatic N) is 1. The van der Waals surface area contributed by atoms with Crippen LogP contribution in [0.5, 0.6) is 11.5 Å². The minimum absolute atomic E-state index is 0.0302. The van der Waals surface area contributed by atoms with Gasteiger partial charge in [0.1, 0.15) is 18.1 Å². The van der Waals surface area contributed by atoms with Crippen LogP contribution in [0.15, 0.2) is 72.8 Å². The molecular formula is C33H39ClN2O4. The first-order chi connectivity index (χ1) is 19.2. The van der Waals surface area contributed by atoms with Crippen molar-refractivity contribution in [2.45, 2.75) is 51.3 Å². The molecule has 0 spiro atoms. The number of carboxylic acid groups (broad SMARTS) is 1. The van der Waals surface area contributed by atoms with Crippen LogP contribution in [0.2, 0.25) is 5.02 Å². The van der Waals surface area contributed by atoms with E-state index in [0.29, 0.717) is 18.4 Å². The topological polar surface area (TPSA) is 71.0 Å². The van der Waals surface area contributed by atoms with Crippen molar-refractivity contribution in [3.05, 3.63) is 94.5 Å². The zero-order valence-electron chi connectivity index (χ0n) is 23.5. The molecule has 0 radical (unpaired) electrons. The van der Waals surface area contributed by atoms with E-state index in [9.17, 15) is 9.90 Å². The molecule has 4 atom stereocenters. The van der Waals surface area contributed by atoms with E-state index in [1.54, 1.807) is 0 Å². The van der Waals surface area contributed by atoms with Crippen LogP contribution in [0.3, 0.4) is 0 Å². The molecule has 212 valence electrons. The van der Waals surface area contributed by atoms with Gasteiger partial charge in [0.25, 0.3) is 0 Å². The first-order valence-electron chi connectivity index (χ1n) is 14.1. The van der Waals surface area contributed by atoms with Gasteiger partial charge in [0.05, 0.1) is 0 Å². The van der Waals surface area contributed by atoms with Crippen LogP contribution in [-0.2, 0) is 23.2 Å². The lowest BCUT2D eigenvalue weighted by Crippen LogP contribution is -2.33. The first kappa shape index (κ1) is 28.5. The molecule has 2 fully saturated rings. The number of rotatable bonds is 12. The zero-order valence-corrected chi connectivity index (χ0v) is 24.2. The molecule has 1 saturated carbocycles. The molecule has 3 aromatic carbocycles. The molecule has 2 N–H and O–H groups in total. The Morgan fingerprint density at radius 2 is 1.55 bits per heavy atom. The lowest BCUT2D eigenvalue weighted by atomic mass is 9.87. The minimum Gasteiger partial charge on any atom is -0.492 e. The predicted octanol–water partition coefficient (Wildman–Crippen LogP) is 5.81. The SMILES string of the molecule is CC(C)(C)c1ccc(O[C@@H](Cc2ccc(OCCN[C@H]3[C@@H]4CN(Cc5ccc(Cl)cc5)C[C@@H]43)cc2)C(=O)O)cc1. The average molecular weight is 563 g/mol. The fraction of sp³-hybridized carbons (Fsp3) is 0.424. The van der Waals surface area contributed by atoms with Crippen molar-refractivity contribution >= 4 is 17.6 Å². The highest BCUT2D eigenvalue weighted by atomic mass is 35.5. The number of carbonyl (C=O) groups is 1. The van der Waals surface area contributed by atoms with Crippen LogP contribution >= 0.6 is 11.6 Å². The summed E-state index contributed by atoms with van der Waals surface area (Å²) < 4.78 is 11.7. The van der Waals surface area contributed by atoms with Crippen molar-refractivity contribution in [1.29, 1.82) is 0 Å². The van der Waals surface area contributed by atoms with E-state index in [2.05, 4.69) is 43.1 Å². The number of carboxylic acids is 1. The summed E-state index contributed by atoms with van der Waals surface area (Å²) in [7, 11) is 0. The number of benzene rings is 3. The van der Waals surface area contributed by atoms with E-state index >= 15 is 0 Å². The molecule has 2 aliphatic rings. The lowest BCUT2D eigenvalue weighted by molar-refractivity contribution is -0.145. The van der Waals surface area contributed by atoms with Gasteiger partial charge in [0.2, 0.25) is 0 Å². The smallest absolute Gasteiger partial charge is 0.345 e. The van der Waals surface area contributed by atoms with Gasteiger partial charge >= 0.3 is 5.97 Å². The summed E-state index contributed by atoms with van der Waals surface area (Å²) in [5, 5.41) is 14.2. The highest BCUT2D eigenvalue weighted by molar-refractivity contribution is 6.30. The molecule has 40 heavy (non-hydrogen) atoms. The second-order valence-electron chi connectivity index (χ2n) is 12.0. The Labute approximate surface area is 242 Å². The van der Waals surface area contributed by atoms with Crippen LogP contribution in [0, 0.1) is 11.8 Å². The minimum atomic E-state index is -0.982. The molecule has 0 bridgehead atoms. The number of piperidine rings is 1. The molecule has 3 aromatic rings. The third kappa shape index (κ3) is 7.36. The number of nitrogens with one attached hydrogen (secondary N) is 1. The Hall–Kier alpha value is -3.06. The first-order valence-corrected chi connectivity index (χ1v) is 14.5. The molecule has 5 rings (SSSR count). The van der Waals surface area contributed by atoms with Crippen molar-refractivity contribution in [2.24, 2.45) is 11.8 Å². The van der Waals surface area contributed by atoms with E-state index in [4.69, 9.17) is 21.1 Å². The Balaban J connectivity index is 1.01. The third-order valence-electron chi connectivity index (χ3n) is 7.96. The Bertz CT molecular complexity index is 1260. The largest absolute Gasteiger partial charge is 0.492 e. The molecule has 0 unspecified atom stereocenters. The normalized spacial score (nSPS) is 21.1. The fourth-order valence-electron chi connectivity index (χ4n) is 5.60. The van der Waals surface area contributed by atoms with E-state index in [1.165, 1.54) is 11.1 Å². The van der Waals surface area contributed by atoms with Crippen LogP contribution < -0.4 is 14.8 Å². The summed E-state index contributed by atoms with van der Waals surface area (Å²) in [6, 6.07) is 24.0. The molecule has 1 aliphatic carbocycles. The Morgan fingerprint density at radius 1 is 0.950 bits per heavy atom. The Kier molecular flexibility index (Phi) is 8.69. The van der Waals surface area contributed by atoms with Crippen LogP contribution in [0.1, 0.15) is 37.5 Å². The molecule has 0 aromatic heterocycles. The fourth-order valence-corrected chi connectivity index (χ4v) is 5.73. The number of halogens is 1. The summed E-state index contributed by atoms with van der Waals surface area (Å²) >= 11 is 5.99. The molecule has 1 aliphatic heterocycles. The van der Waals surface area contributed by atoms with Crippen LogP contribution in [0.4, 0.5) is 0 Å². The maximum Gasteiger partial charge on any atom is 0.345 e. The summed E-state index contributed by atoms with van der Waals surface area (Å²) in [5.74, 6) is 1.81. The maximum absolute atomic E-state index is 11.9. The number of hydrogen-bond acceptors (Lipinski definition) is 5. The van der Waals surface area contributed by atoms with Gasteiger partial charge in [-0.3, -0.25) is 4.90 Å². The quantitative estimate of drug-likeness (QED) is 0.271. The predicted molar refractivity (Wildman–Crippen MR) is 158 cm³/mol. The van der Waals surface area contributed by atoms with Gasteiger partial charge in [0.15, 0.2) is 6.10 Å². The molecule has 0 amide bonds. The molecule has 1 saturated heterocycles. The summed E-state index contributed by atoms with van der Waals surface area (Å²) in [6.07, 6.45) is -0.686. The van der Waals surface area contributed by atoms with Crippen molar-refractivity contribution in [3.63, 3.8) is 0 Å². The Morgan fingerprint density at radius 3 is 2.15 bits per heavy atom. The van der Waals surface area contributed by atoms with Gasteiger partial charge in [-0.05, 0) is 70.3 Å². The standard InChI is InChI=1S/C33H39ClN2O4/c1-33(2,3)24-8-14-27(15-9-24)40-30(32(37)38)18-22-6-12-26(13-7-22)39-17-16-35-31-28-20-36(21-29(28)31)19-23-4-10-25(34)11-5-23/h4-15,28-31,35H,16-21H2,1-3H3,(H,37,38)/t28-,29+,30-,31+/m0/s1. The maximum atomic E-state index is 11.9. The highest BCUT2D eigenvalue weighted by Gasteiger charge is 2.55. The number of ether oxygens (including phenoxy) is 2. The van der Waals surface area contributed by atoms with E-state index in [0.717, 1.165) is 54.4 Å². The van der Waals surface area contributed by atoms with E-state index in [-0.39, 0.29) is 11.8 Å². The number of aliphatic carboxylic acids is 1. The number of likely N-dealkylation sites (tertiary alicyclic amines) is 1. The van der Waals surface area contributed by atoms with Crippen LogP contribution in [0.25, 0.3) is 0 Å². The molecule has 7 heteroatoms. The zero-order chi connectivity index (χ0) is 28.3. The van der Waals surface area contributed by atoms with Gasteiger partial charge < -0.3 is 19.9 Å². The van der Waals surface area contributed by atoms with E-state index in [1.807, 2.05) is 60.7 Å². The monoisotopic (exact) mass is 562 g/mol. The molecule has 6 nitrogen and oxygen atoms in total. The second kappa shape index (κ2) is 12.2. The second-order valence-corrected chi connectivity index (χ2v) is 12.5. The molecule has 1 heterocycles.